The Morgan fingerprint density at radius 1 is 0.562 bits per heavy atom. The van der Waals surface area contributed by atoms with Gasteiger partial charge in [-0.2, -0.15) is 4.40 Å². The van der Waals surface area contributed by atoms with Gasteiger partial charge in [0, 0.05) is 24.3 Å². The first-order valence-corrected chi connectivity index (χ1v) is 5.49. The summed E-state index contributed by atoms with van der Waals surface area (Å²) in [4.78, 5) is 0. The molecule has 1 aliphatic rings. The van der Waals surface area contributed by atoms with Crippen LogP contribution in [0.2, 0.25) is 0 Å². The van der Waals surface area contributed by atoms with Gasteiger partial charge in [-0.25, -0.2) is 0 Å². The van der Waals surface area contributed by atoms with E-state index < -0.39 is 0 Å². The van der Waals surface area contributed by atoms with Crippen LogP contribution in [-0.4, -0.2) is 0 Å². The maximum absolute atomic E-state index is 2.32. The van der Waals surface area contributed by atoms with Crippen molar-refractivity contribution in [2.24, 2.45) is 0 Å². The van der Waals surface area contributed by atoms with Gasteiger partial charge in [0.15, 0.2) is 0 Å². The van der Waals surface area contributed by atoms with E-state index in [1.54, 1.807) is 0 Å². The molecule has 0 fully saturated rings. The van der Waals surface area contributed by atoms with Crippen LogP contribution in [0.1, 0.15) is 0 Å². The molecule has 0 amide bonds. The van der Waals surface area contributed by atoms with Crippen LogP contribution < -0.4 is 4.40 Å². The molecule has 1 aliphatic heterocycles. The first-order valence-electron chi connectivity index (χ1n) is 5.49. The van der Waals surface area contributed by atoms with Gasteiger partial charge >= 0.3 is 0 Å². The summed E-state index contributed by atoms with van der Waals surface area (Å²) in [5.74, 6) is 0. The molecule has 1 heteroatoms. The smallest absolute Gasteiger partial charge is 0.153 e. The highest BCUT2D eigenvalue weighted by molar-refractivity contribution is 5.82. The summed E-state index contributed by atoms with van der Waals surface area (Å²) in [6, 6.07) is 21.5. The molecule has 0 unspecified atom stereocenters. The summed E-state index contributed by atoms with van der Waals surface area (Å²) in [7, 11) is 0. The van der Waals surface area contributed by atoms with Crippen molar-refractivity contribution in [1.82, 2.24) is 0 Å². The van der Waals surface area contributed by atoms with E-state index >= 15 is 0 Å². The second-order valence-corrected chi connectivity index (χ2v) is 4.13. The molecule has 74 valence electrons. The molecule has 16 heavy (non-hydrogen) atoms. The Balaban J connectivity index is 2.31. The highest BCUT2D eigenvalue weighted by atomic mass is 14.9. The van der Waals surface area contributed by atoms with Crippen LogP contribution >= 0.6 is 0 Å². The fourth-order valence-electron chi connectivity index (χ4n) is 2.59. The molecule has 0 N–H and O–H groups in total. The molecule has 3 aromatic rings. The van der Waals surface area contributed by atoms with Crippen molar-refractivity contribution in [2.75, 3.05) is 0 Å². The number of nitrogens with zero attached hydrogens (tertiary/aromatic N) is 1. The fourth-order valence-corrected chi connectivity index (χ4v) is 2.59. The second-order valence-electron chi connectivity index (χ2n) is 4.13. The van der Waals surface area contributed by atoms with Crippen LogP contribution in [0.25, 0.3) is 28.0 Å². The number of rotatable bonds is 0. The number of fused-ring (bicyclic) bond motifs is 3. The zero-order chi connectivity index (χ0) is 10.5. The predicted octanol–water partition coefficient (Wildman–Crippen LogP) is 3.07. The van der Waals surface area contributed by atoms with Gasteiger partial charge < -0.3 is 0 Å². The molecule has 0 spiro atoms. The van der Waals surface area contributed by atoms with Crippen LogP contribution in [0.4, 0.5) is 0 Å². The van der Waals surface area contributed by atoms with Crippen LogP contribution in [-0.2, 0) is 0 Å². The molecule has 0 radical (unpaired) electrons. The van der Waals surface area contributed by atoms with E-state index in [-0.39, 0.29) is 0 Å². The summed E-state index contributed by atoms with van der Waals surface area (Å²) < 4.78 is 2.32. The van der Waals surface area contributed by atoms with Crippen LogP contribution in [0.15, 0.2) is 60.7 Å². The SMILES string of the molecule is c1ccc2c(c1)-c1cccc3cccc-2[n+]13. The molecule has 3 heterocycles. The molecule has 0 atom stereocenters. The minimum absolute atomic E-state index is 1.26. The Bertz CT molecular complexity index is 656. The Labute approximate surface area is 93.6 Å². The molecule has 1 nitrogen and oxygen atoms in total. The van der Waals surface area contributed by atoms with Crippen LogP contribution in [0, 0.1) is 0 Å². The van der Waals surface area contributed by atoms with E-state index in [9.17, 15) is 0 Å². The lowest BCUT2D eigenvalue weighted by atomic mass is 10.1. The molecule has 0 saturated carbocycles. The third-order valence-corrected chi connectivity index (χ3v) is 3.26. The van der Waals surface area contributed by atoms with Crippen molar-refractivity contribution in [2.45, 2.75) is 0 Å². The summed E-state index contributed by atoms with van der Waals surface area (Å²) >= 11 is 0. The van der Waals surface area contributed by atoms with Crippen LogP contribution in [0.3, 0.4) is 0 Å². The zero-order valence-electron chi connectivity index (χ0n) is 8.72. The molecule has 4 rings (SSSR count). The molecular formula is C15H10N+. The van der Waals surface area contributed by atoms with Gasteiger partial charge in [0.1, 0.15) is 0 Å². The lowest BCUT2D eigenvalue weighted by Crippen LogP contribution is -2.23. The average molecular weight is 204 g/mol. The molecule has 1 aromatic carbocycles. The third kappa shape index (κ3) is 0.836. The predicted molar refractivity (Wildman–Crippen MR) is 64.0 cm³/mol. The van der Waals surface area contributed by atoms with Crippen molar-refractivity contribution in [3.05, 3.63) is 60.7 Å². The van der Waals surface area contributed by atoms with Crippen molar-refractivity contribution in [3.8, 4) is 22.5 Å². The summed E-state index contributed by atoms with van der Waals surface area (Å²) in [5, 5.41) is 0. The number of aromatic nitrogens is 1. The fraction of sp³-hybridized carbons (Fsp3) is 0. The van der Waals surface area contributed by atoms with Gasteiger partial charge in [0.25, 0.3) is 0 Å². The van der Waals surface area contributed by atoms with Crippen molar-refractivity contribution in [3.63, 3.8) is 0 Å². The van der Waals surface area contributed by atoms with Gasteiger partial charge in [-0.1, -0.05) is 12.1 Å². The normalized spacial score (nSPS) is 11.8. The number of pyridine rings is 2. The highest BCUT2D eigenvalue weighted by Gasteiger charge is 2.28. The molecule has 2 aromatic heterocycles. The Kier molecular flexibility index (Phi) is 1.36. The zero-order valence-corrected chi connectivity index (χ0v) is 8.72. The second kappa shape index (κ2) is 2.70. The van der Waals surface area contributed by atoms with E-state index in [1.807, 2.05) is 0 Å². The first-order chi connectivity index (χ1) is 7.95. The lowest BCUT2D eigenvalue weighted by molar-refractivity contribution is -0.483. The lowest BCUT2D eigenvalue weighted by Gasteiger charge is -1.92. The molecule has 0 saturated heterocycles. The number of hydrogen-bond acceptors (Lipinski definition) is 0. The molecular weight excluding hydrogens is 194 g/mol. The summed E-state index contributed by atoms with van der Waals surface area (Å²) in [5.41, 5.74) is 6.51. The summed E-state index contributed by atoms with van der Waals surface area (Å²) in [6.07, 6.45) is 0. The van der Waals surface area contributed by atoms with E-state index in [0.717, 1.165) is 0 Å². The highest BCUT2D eigenvalue weighted by Crippen LogP contribution is 2.34. The van der Waals surface area contributed by atoms with Crippen molar-refractivity contribution >= 4 is 5.52 Å². The third-order valence-electron chi connectivity index (χ3n) is 3.26. The van der Waals surface area contributed by atoms with Gasteiger partial charge in [0.05, 0.1) is 11.1 Å². The van der Waals surface area contributed by atoms with E-state index in [4.69, 9.17) is 0 Å². The van der Waals surface area contributed by atoms with Gasteiger partial charge in [-0.15, -0.1) is 0 Å². The molecule has 0 bridgehead atoms. The van der Waals surface area contributed by atoms with Gasteiger partial charge in [-0.3, -0.25) is 0 Å². The van der Waals surface area contributed by atoms with E-state index in [1.165, 1.54) is 28.0 Å². The average Bonchev–Trinajstić information content (AvgIpc) is 2.68. The Morgan fingerprint density at radius 3 is 1.69 bits per heavy atom. The maximum atomic E-state index is 2.32. The topological polar surface area (TPSA) is 4.10 Å². The Hall–Kier alpha value is -2.15. The van der Waals surface area contributed by atoms with Crippen molar-refractivity contribution in [1.29, 1.82) is 0 Å². The standard InChI is InChI=1S/C15H10N/c1-2-8-13-12(7-1)14-9-3-5-11-6-4-10-15(13)16(11)14/h1-10H/q+1. The quantitative estimate of drug-likeness (QED) is 0.388. The largest absolute Gasteiger partial charge is 0.219 e. The van der Waals surface area contributed by atoms with Gasteiger partial charge in [0.2, 0.25) is 16.9 Å². The van der Waals surface area contributed by atoms with E-state index in [2.05, 4.69) is 65.1 Å². The number of hydrogen-bond donors (Lipinski definition) is 0. The Morgan fingerprint density at radius 2 is 1.12 bits per heavy atom. The minimum Gasteiger partial charge on any atom is -0.153 e. The van der Waals surface area contributed by atoms with Crippen molar-refractivity contribution < 1.29 is 4.40 Å². The number of benzene rings is 1. The summed E-state index contributed by atoms with van der Waals surface area (Å²) in [6.45, 7) is 0. The minimum atomic E-state index is 1.26. The first kappa shape index (κ1) is 8.05. The maximum Gasteiger partial charge on any atom is 0.219 e. The monoisotopic (exact) mass is 204 g/mol. The molecule has 0 aliphatic carbocycles. The van der Waals surface area contributed by atoms with Crippen LogP contribution in [0.5, 0.6) is 0 Å². The van der Waals surface area contributed by atoms with Gasteiger partial charge in [-0.05, 0) is 24.3 Å². The van der Waals surface area contributed by atoms with E-state index in [0.29, 0.717) is 0 Å².